The van der Waals surface area contributed by atoms with Gasteiger partial charge in [-0.05, 0) is 38.7 Å². The van der Waals surface area contributed by atoms with Crippen molar-refractivity contribution in [2.75, 3.05) is 46.2 Å². The third kappa shape index (κ3) is 6.43. The first-order chi connectivity index (χ1) is 10.5. The van der Waals surface area contributed by atoms with Crippen LogP contribution in [0.15, 0.2) is 18.2 Å². The normalized spacial score (nSPS) is 12.3. The molecule has 0 aliphatic carbocycles. The van der Waals surface area contributed by atoms with E-state index in [1.807, 2.05) is 44.1 Å². The Hall–Kier alpha value is -1.63. The third-order valence-electron chi connectivity index (χ3n) is 3.22. The highest BCUT2D eigenvalue weighted by molar-refractivity contribution is 5.92. The molecule has 0 bridgehead atoms. The van der Waals surface area contributed by atoms with Gasteiger partial charge < -0.3 is 25.4 Å². The number of hydrogen-bond acceptors (Lipinski definition) is 5. The van der Waals surface area contributed by atoms with Gasteiger partial charge in [0.2, 0.25) is 5.91 Å². The number of ether oxygens (including phenoxy) is 2. The Morgan fingerprint density at radius 1 is 1.41 bits per heavy atom. The maximum Gasteiger partial charge on any atom is 0.227 e. The van der Waals surface area contributed by atoms with Crippen molar-refractivity contribution in [1.82, 2.24) is 4.90 Å². The van der Waals surface area contributed by atoms with Crippen LogP contribution in [0.5, 0.6) is 5.75 Å². The van der Waals surface area contributed by atoms with E-state index in [0.29, 0.717) is 24.6 Å². The summed E-state index contributed by atoms with van der Waals surface area (Å²) in [6.07, 6.45) is -0.0542. The van der Waals surface area contributed by atoms with Gasteiger partial charge >= 0.3 is 0 Å². The van der Waals surface area contributed by atoms with E-state index in [0.717, 1.165) is 12.1 Å². The van der Waals surface area contributed by atoms with Gasteiger partial charge in [-0.25, -0.2) is 0 Å². The number of nitrogens with one attached hydrogen (secondary N) is 1. The molecule has 0 aliphatic heterocycles. The summed E-state index contributed by atoms with van der Waals surface area (Å²) in [5, 5.41) is 2.86. The number of nitrogens with zero attached hydrogens (tertiary/aromatic N) is 1. The Morgan fingerprint density at radius 2 is 2.14 bits per heavy atom. The predicted octanol–water partition coefficient (Wildman–Crippen LogP) is 1.24. The second-order valence-corrected chi connectivity index (χ2v) is 5.50. The molecule has 0 fully saturated rings. The second kappa shape index (κ2) is 9.40. The van der Waals surface area contributed by atoms with Crippen LogP contribution < -0.4 is 15.8 Å². The Morgan fingerprint density at radius 3 is 2.73 bits per heavy atom. The van der Waals surface area contributed by atoms with E-state index >= 15 is 0 Å². The van der Waals surface area contributed by atoms with E-state index < -0.39 is 0 Å². The molecule has 0 saturated heterocycles. The minimum atomic E-state index is -0.274. The van der Waals surface area contributed by atoms with Crippen LogP contribution in [0.3, 0.4) is 0 Å². The van der Waals surface area contributed by atoms with E-state index in [1.165, 1.54) is 0 Å². The van der Waals surface area contributed by atoms with Crippen LogP contribution in [0, 0.1) is 6.92 Å². The van der Waals surface area contributed by atoms with Gasteiger partial charge in [0.1, 0.15) is 12.4 Å². The number of nitrogens with two attached hydrogens (primary N) is 1. The Balaban J connectivity index is 2.70. The molecule has 0 aromatic heterocycles. The molecule has 0 saturated carbocycles. The van der Waals surface area contributed by atoms with E-state index in [9.17, 15) is 4.79 Å². The Kier molecular flexibility index (Phi) is 7.87. The van der Waals surface area contributed by atoms with E-state index in [1.54, 1.807) is 7.11 Å². The largest absolute Gasteiger partial charge is 0.490 e. The molecule has 1 rings (SSSR count). The maximum atomic E-state index is 12.0. The van der Waals surface area contributed by atoms with Crippen LogP contribution >= 0.6 is 0 Å². The predicted molar refractivity (Wildman–Crippen MR) is 88.3 cm³/mol. The summed E-state index contributed by atoms with van der Waals surface area (Å²) >= 11 is 0. The highest BCUT2D eigenvalue weighted by Crippen LogP contribution is 2.26. The molecule has 0 spiro atoms. The van der Waals surface area contributed by atoms with Crippen LogP contribution in [0.4, 0.5) is 5.69 Å². The van der Waals surface area contributed by atoms with Crippen LogP contribution in [-0.4, -0.2) is 57.8 Å². The van der Waals surface area contributed by atoms with Crippen molar-refractivity contribution in [3.63, 3.8) is 0 Å². The summed E-state index contributed by atoms with van der Waals surface area (Å²) in [5.41, 5.74) is 7.28. The van der Waals surface area contributed by atoms with Gasteiger partial charge in [0.15, 0.2) is 0 Å². The quantitative estimate of drug-likeness (QED) is 0.717. The van der Waals surface area contributed by atoms with Gasteiger partial charge in [0.05, 0.1) is 18.2 Å². The van der Waals surface area contributed by atoms with E-state index in [-0.39, 0.29) is 18.4 Å². The summed E-state index contributed by atoms with van der Waals surface area (Å²) < 4.78 is 10.9. The minimum absolute atomic E-state index is 0.140. The molecule has 1 amide bonds. The molecule has 0 heterocycles. The molecule has 6 nitrogen and oxygen atoms in total. The zero-order valence-electron chi connectivity index (χ0n) is 13.9. The average Bonchev–Trinajstić information content (AvgIpc) is 2.47. The van der Waals surface area contributed by atoms with Crippen LogP contribution in [0.1, 0.15) is 12.0 Å². The zero-order valence-corrected chi connectivity index (χ0v) is 13.9. The van der Waals surface area contributed by atoms with Crippen molar-refractivity contribution in [3.05, 3.63) is 23.8 Å². The monoisotopic (exact) mass is 309 g/mol. The lowest BCUT2D eigenvalue weighted by atomic mass is 10.2. The topological polar surface area (TPSA) is 76.8 Å². The summed E-state index contributed by atoms with van der Waals surface area (Å²) in [6, 6.07) is 5.70. The molecule has 0 radical (unpaired) electrons. The van der Waals surface area contributed by atoms with Crippen molar-refractivity contribution in [2.45, 2.75) is 19.4 Å². The number of carbonyl (C=O) groups excluding carboxylic acids is 1. The summed E-state index contributed by atoms with van der Waals surface area (Å²) in [5.74, 6) is 0.538. The van der Waals surface area contributed by atoms with Crippen molar-refractivity contribution in [1.29, 1.82) is 0 Å². The molecular weight excluding hydrogens is 282 g/mol. The Bertz CT molecular complexity index is 474. The van der Waals surface area contributed by atoms with E-state index in [4.69, 9.17) is 15.2 Å². The standard InChI is InChI=1S/C16H27N3O3/c1-12-5-6-14(15(9-12)22-8-7-19(2)3)18-16(20)10-13(11-17)21-4/h5-6,9,13H,7-8,10-11,17H2,1-4H3,(H,18,20). The first kappa shape index (κ1) is 18.4. The number of carbonyl (C=O) groups is 1. The number of benzene rings is 1. The fraction of sp³-hybridized carbons (Fsp3) is 0.562. The lowest BCUT2D eigenvalue weighted by Gasteiger charge is -2.16. The third-order valence-corrected chi connectivity index (χ3v) is 3.22. The van der Waals surface area contributed by atoms with Crippen molar-refractivity contribution in [3.8, 4) is 5.75 Å². The van der Waals surface area contributed by atoms with Crippen LogP contribution in [0.2, 0.25) is 0 Å². The van der Waals surface area contributed by atoms with Gasteiger partial charge in [-0.2, -0.15) is 0 Å². The fourth-order valence-electron chi connectivity index (χ4n) is 1.86. The van der Waals surface area contributed by atoms with Gasteiger partial charge in [-0.1, -0.05) is 6.07 Å². The molecule has 3 N–H and O–H groups in total. The van der Waals surface area contributed by atoms with Gasteiger partial charge in [0, 0.05) is 20.2 Å². The summed E-state index contributed by atoms with van der Waals surface area (Å²) in [6.45, 7) is 3.66. The molecule has 1 aromatic rings. The zero-order chi connectivity index (χ0) is 16.5. The molecule has 1 unspecified atom stereocenters. The highest BCUT2D eigenvalue weighted by Gasteiger charge is 2.14. The number of amides is 1. The number of aryl methyl sites for hydroxylation is 1. The maximum absolute atomic E-state index is 12.0. The van der Waals surface area contributed by atoms with Crippen LogP contribution in [0.25, 0.3) is 0 Å². The highest BCUT2D eigenvalue weighted by atomic mass is 16.5. The molecule has 22 heavy (non-hydrogen) atoms. The number of likely N-dealkylation sites (N-methyl/N-ethyl adjacent to an activating group) is 1. The number of methoxy groups -OCH3 is 1. The van der Waals surface area contributed by atoms with Gasteiger partial charge in [-0.15, -0.1) is 0 Å². The van der Waals surface area contributed by atoms with Crippen molar-refractivity contribution >= 4 is 11.6 Å². The molecule has 1 atom stereocenters. The van der Waals surface area contributed by atoms with Crippen molar-refractivity contribution in [2.24, 2.45) is 5.73 Å². The minimum Gasteiger partial charge on any atom is -0.490 e. The average molecular weight is 309 g/mol. The smallest absolute Gasteiger partial charge is 0.227 e. The van der Waals surface area contributed by atoms with Crippen molar-refractivity contribution < 1.29 is 14.3 Å². The first-order valence-corrected chi connectivity index (χ1v) is 7.37. The molecule has 6 heteroatoms. The van der Waals surface area contributed by atoms with Gasteiger partial charge in [0.25, 0.3) is 0 Å². The summed E-state index contributed by atoms with van der Waals surface area (Å²) in [7, 11) is 5.52. The SMILES string of the molecule is COC(CN)CC(=O)Nc1ccc(C)cc1OCCN(C)C. The molecule has 1 aromatic carbocycles. The number of rotatable bonds is 9. The van der Waals surface area contributed by atoms with E-state index in [2.05, 4.69) is 5.32 Å². The lowest BCUT2D eigenvalue weighted by molar-refractivity contribution is -0.118. The Labute approximate surface area is 132 Å². The van der Waals surface area contributed by atoms with Crippen LogP contribution in [-0.2, 0) is 9.53 Å². The lowest BCUT2D eigenvalue weighted by Crippen LogP contribution is -2.28. The molecule has 124 valence electrons. The fourth-order valence-corrected chi connectivity index (χ4v) is 1.86. The molecular formula is C16H27N3O3. The van der Waals surface area contributed by atoms with Gasteiger partial charge in [-0.3, -0.25) is 4.79 Å². The molecule has 0 aliphatic rings. The second-order valence-electron chi connectivity index (χ2n) is 5.50. The first-order valence-electron chi connectivity index (χ1n) is 7.37. The number of anilines is 1. The number of hydrogen-bond donors (Lipinski definition) is 2. The summed E-state index contributed by atoms with van der Waals surface area (Å²) in [4.78, 5) is 14.1.